The van der Waals surface area contributed by atoms with Gasteiger partial charge in [-0.2, -0.15) is 0 Å². The van der Waals surface area contributed by atoms with E-state index >= 15 is 0 Å². The van der Waals surface area contributed by atoms with Crippen LogP contribution in [0.3, 0.4) is 0 Å². The van der Waals surface area contributed by atoms with Gasteiger partial charge in [0, 0.05) is 32.7 Å². The summed E-state index contributed by atoms with van der Waals surface area (Å²) in [6.07, 6.45) is 0. The number of carbonyl (C=O) groups excluding carboxylic acids is 1. The minimum Gasteiger partial charge on any atom is -0.336 e. The van der Waals surface area contributed by atoms with Gasteiger partial charge >= 0.3 is 5.69 Å². The summed E-state index contributed by atoms with van der Waals surface area (Å²) in [5, 5.41) is 3.26. The maximum absolute atomic E-state index is 12.5. The first-order valence-electron chi connectivity index (χ1n) is 7.24. The van der Waals surface area contributed by atoms with E-state index in [1.807, 2.05) is 36.1 Å². The van der Waals surface area contributed by atoms with Gasteiger partial charge in [-0.25, -0.2) is 4.79 Å². The third kappa shape index (κ3) is 2.35. The number of para-hydroxylation sites is 2. The number of nitrogens with zero attached hydrogens (tertiary/aromatic N) is 3. The van der Waals surface area contributed by atoms with Gasteiger partial charge in [-0.1, -0.05) is 12.1 Å². The van der Waals surface area contributed by atoms with Crippen LogP contribution in [0.15, 0.2) is 29.1 Å². The highest BCUT2D eigenvalue weighted by molar-refractivity contribution is 5.81. The molecule has 1 amide bonds. The van der Waals surface area contributed by atoms with Gasteiger partial charge in [-0.3, -0.25) is 13.9 Å². The summed E-state index contributed by atoms with van der Waals surface area (Å²) in [5.41, 5.74) is 1.51. The van der Waals surface area contributed by atoms with E-state index in [2.05, 4.69) is 5.32 Å². The lowest BCUT2D eigenvalue weighted by Gasteiger charge is -2.34. The molecule has 0 saturated carbocycles. The van der Waals surface area contributed by atoms with Crippen LogP contribution in [0.4, 0.5) is 0 Å². The molecule has 0 bridgehead atoms. The summed E-state index contributed by atoms with van der Waals surface area (Å²) in [4.78, 5) is 26.7. The van der Waals surface area contributed by atoms with Crippen molar-refractivity contribution < 1.29 is 4.79 Å². The quantitative estimate of drug-likeness (QED) is 0.856. The van der Waals surface area contributed by atoms with Crippen LogP contribution < -0.4 is 11.0 Å². The molecule has 2 heterocycles. The van der Waals surface area contributed by atoms with E-state index in [0.29, 0.717) is 6.54 Å². The molecule has 3 rings (SSSR count). The Kier molecular flexibility index (Phi) is 3.55. The lowest BCUT2D eigenvalue weighted by Crippen LogP contribution is -2.53. The standard InChI is InChI=1S/C15H20N4O2/c1-11-9-16-7-8-18(11)14(20)10-19-13-6-4-3-5-12(13)17(2)15(19)21/h3-6,11,16H,7-10H2,1-2H3/t11-/m1/s1. The van der Waals surface area contributed by atoms with E-state index in [9.17, 15) is 9.59 Å². The average molecular weight is 288 g/mol. The van der Waals surface area contributed by atoms with E-state index in [4.69, 9.17) is 0 Å². The highest BCUT2D eigenvalue weighted by Gasteiger charge is 2.24. The van der Waals surface area contributed by atoms with E-state index in [1.54, 1.807) is 16.2 Å². The fourth-order valence-electron chi connectivity index (χ4n) is 2.95. The molecule has 2 aromatic rings. The molecule has 6 heteroatoms. The molecule has 6 nitrogen and oxygen atoms in total. The number of nitrogens with one attached hydrogen (secondary N) is 1. The summed E-state index contributed by atoms with van der Waals surface area (Å²) in [7, 11) is 1.74. The van der Waals surface area contributed by atoms with Crippen LogP contribution in [0, 0.1) is 0 Å². The Bertz CT molecular complexity index is 731. The van der Waals surface area contributed by atoms with Gasteiger partial charge in [-0.15, -0.1) is 0 Å². The average Bonchev–Trinajstić information content (AvgIpc) is 2.73. The van der Waals surface area contributed by atoms with Gasteiger partial charge in [0.2, 0.25) is 5.91 Å². The molecule has 1 fully saturated rings. The molecular formula is C15H20N4O2. The number of imidazole rings is 1. The first kappa shape index (κ1) is 13.9. The third-order valence-electron chi connectivity index (χ3n) is 4.17. The molecule has 1 N–H and O–H groups in total. The van der Waals surface area contributed by atoms with Gasteiger partial charge in [0.25, 0.3) is 0 Å². The molecule has 21 heavy (non-hydrogen) atoms. The van der Waals surface area contributed by atoms with Crippen LogP contribution in [0.1, 0.15) is 6.92 Å². The van der Waals surface area contributed by atoms with Crippen molar-refractivity contribution in [1.82, 2.24) is 19.4 Å². The lowest BCUT2D eigenvalue weighted by atomic mass is 10.2. The van der Waals surface area contributed by atoms with E-state index in [-0.39, 0.29) is 24.2 Å². The zero-order chi connectivity index (χ0) is 15.0. The van der Waals surface area contributed by atoms with Crippen molar-refractivity contribution in [2.75, 3.05) is 19.6 Å². The molecule has 1 aliphatic heterocycles. The van der Waals surface area contributed by atoms with Crippen molar-refractivity contribution in [2.45, 2.75) is 19.5 Å². The molecule has 112 valence electrons. The molecule has 0 aliphatic carbocycles. The van der Waals surface area contributed by atoms with Crippen LogP contribution in [0.5, 0.6) is 0 Å². The third-order valence-corrected chi connectivity index (χ3v) is 4.17. The van der Waals surface area contributed by atoms with Gasteiger partial charge in [0.1, 0.15) is 6.54 Å². The number of piperazine rings is 1. The predicted octanol–water partition coefficient (Wildman–Crippen LogP) is 0.160. The highest BCUT2D eigenvalue weighted by atomic mass is 16.2. The Morgan fingerprint density at radius 3 is 2.76 bits per heavy atom. The summed E-state index contributed by atoms with van der Waals surface area (Å²) < 4.78 is 3.15. The second-order valence-corrected chi connectivity index (χ2v) is 5.56. The topological polar surface area (TPSA) is 59.3 Å². The van der Waals surface area contributed by atoms with Crippen LogP contribution in [-0.4, -0.2) is 45.6 Å². The summed E-state index contributed by atoms with van der Waals surface area (Å²) in [6, 6.07) is 7.72. The van der Waals surface area contributed by atoms with Gasteiger partial charge < -0.3 is 10.2 Å². The highest BCUT2D eigenvalue weighted by Crippen LogP contribution is 2.12. The second kappa shape index (κ2) is 5.37. The first-order chi connectivity index (χ1) is 10.1. The molecule has 1 aromatic carbocycles. The summed E-state index contributed by atoms with van der Waals surface area (Å²) >= 11 is 0. The number of aromatic nitrogens is 2. The molecule has 1 saturated heterocycles. The SMILES string of the molecule is C[C@@H]1CNCCN1C(=O)Cn1c(=O)n(C)c2ccccc21. The monoisotopic (exact) mass is 288 g/mol. The van der Waals surface area contributed by atoms with Crippen molar-refractivity contribution in [2.24, 2.45) is 7.05 Å². The minimum atomic E-state index is -0.146. The maximum Gasteiger partial charge on any atom is 0.329 e. The van der Waals surface area contributed by atoms with Crippen LogP contribution in [0.2, 0.25) is 0 Å². The number of aryl methyl sites for hydroxylation is 1. The van der Waals surface area contributed by atoms with Crippen molar-refractivity contribution in [3.05, 3.63) is 34.7 Å². The minimum absolute atomic E-state index is 0.00227. The molecule has 0 spiro atoms. The molecule has 1 aliphatic rings. The maximum atomic E-state index is 12.5. The number of fused-ring (bicyclic) bond motifs is 1. The smallest absolute Gasteiger partial charge is 0.329 e. The summed E-state index contributed by atoms with van der Waals surface area (Å²) in [5.74, 6) is 0.00227. The second-order valence-electron chi connectivity index (χ2n) is 5.56. The Morgan fingerprint density at radius 1 is 1.33 bits per heavy atom. The zero-order valence-corrected chi connectivity index (χ0v) is 12.4. The Balaban J connectivity index is 1.93. The van der Waals surface area contributed by atoms with Crippen LogP contribution in [-0.2, 0) is 18.4 Å². The van der Waals surface area contributed by atoms with E-state index in [1.165, 1.54) is 0 Å². The molecule has 0 radical (unpaired) electrons. The first-order valence-corrected chi connectivity index (χ1v) is 7.24. The predicted molar refractivity (Wildman–Crippen MR) is 81.2 cm³/mol. The van der Waals surface area contributed by atoms with Gasteiger partial charge in [0.15, 0.2) is 0 Å². The van der Waals surface area contributed by atoms with E-state index < -0.39 is 0 Å². The Morgan fingerprint density at radius 2 is 2.05 bits per heavy atom. The molecule has 0 unspecified atom stereocenters. The lowest BCUT2D eigenvalue weighted by molar-refractivity contribution is -0.134. The van der Waals surface area contributed by atoms with Crippen molar-refractivity contribution in [3.63, 3.8) is 0 Å². The number of hydrogen-bond donors (Lipinski definition) is 1. The Hall–Kier alpha value is -2.08. The Labute approximate surface area is 123 Å². The molecule has 1 aromatic heterocycles. The molecular weight excluding hydrogens is 268 g/mol. The van der Waals surface area contributed by atoms with Gasteiger partial charge in [-0.05, 0) is 19.1 Å². The van der Waals surface area contributed by atoms with E-state index in [0.717, 1.165) is 24.1 Å². The number of amides is 1. The van der Waals surface area contributed by atoms with Crippen LogP contribution >= 0.6 is 0 Å². The summed E-state index contributed by atoms with van der Waals surface area (Å²) in [6.45, 7) is 4.43. The zero-order valence-electron chi connectivity index (χ0n) is 12.4. The number of hydrogen-bond acceptors (Lipinski definition) is 3. The van der Waals surface area contributed by atoms with Crippen molar-refractivity contribution in [1.29, 1.82) is 0 Å². The van der Waals surface area contributed by atoms with Gasteiger partial charge in [0.05, 0.1) is 11.0 Å². The fourth-order valence-corrected chi connectivity index (χ4v) is 2.95. The number of rotatable bonds is 2. The molecule has 1 atom stereocenters. The largest absolute Gasteiger partial charge is 0.336 e. The number of benzene rings is 1. The van der Waals surface area contributed by atoms with Crippen molar-refractivity contribution >= 4 is 16.9 Å². The number of carbonyl (C=O) groups is 1. The van der Waals surface area contributed by atoms with Crippen LogP contribution in [0.25, 0.3) is 11.0 Å². The normalized spacial score (nSPS) is 19.1. The van der Waals surface area contributed by atoms with Crippen molar-refractivity contribution in [3.8, 4) is 0 Å². The fraction of sp³-hybridized carbons (Fsp3) is 0.467.